The fourth-order valence-electron chi connectivity index (χ4n) is 0.832. The monoisotopic (exact) mass is 242 g/mol. The zero-order chi connectivity index (χ0) is 11.6. The highest BCUT2D eigenvalue weighted by molar-refractivity contribution is 7.80. The fraction of sp³-hybridized carbons (Fsp3) is 1.00. The molecular weight excluding hydrogens is 224 g/mol. The van der Waals surface area contributed by atoms with Crippen LogP contribution in [0.15, 0.2) is 0 Å². The molecule has 7 nitrogen and oxygen atoms in total. The topological polar surface area (TPSA) is 108 Å². The summed E-state index contributed by atoms with van der Waals surface area (Å²) < 4.78 is 31.3. The summed E-state index contributed by atoms with van der Waals surface area (Å²) in [4.78, 5) is 0. The zero-order valence-electron chi connectivity index (χ0n) is 8.48. The Bertz CT molecular complexity index is 216. The molecule has 0 unspecified atom stereocenters. The van der Waals surface area contributed by atoms with Gasteiger partial charge in [0.2, 0.25) is 0 Å². The third kappa shape index (κ3) is 13.8. The molecule has 1 aliphatic heterocycles. The molecule has 0 spiro atoms. The molecule has 0 bridgehead atoms. The van der Waals surface area contributed by atoms with E-state index in [4.69, 9.17) is 9.66 Å². The van der Waals surface area contributed by atoms with Gasteiger partial charge in [-0.2, -0.15) is 8.42 Å². The minimum Gasteiger partial charge on any atom is -0.396 e. The first kappa shape index (κ1) is 14.8. The van der Waals surface area contributed by atoms with Gasteiger partial charge in [-0.25, -0.2) is 4.18 Å². The lowest BCUT2D eigenvalue weighted by atomic mass is 10.4. The molecule has 15 heavy (non-hydrogen) atoms. The molecule has 1 fully saturated rings. The SMILES string of the molecule is C1CNCCN1.O=S(=O)(O)OCCCO. The molecule has 0 amide bonds. The Morgan fingerprint density at radius 2 is 1.60 bits per heavy atom. The van der Waals surface area contributed by atoms with Crippen LogP contribution < -0.4 is 10.6 Å². The van der Waals surface area contributed by atoms with Crippen molar-refractivity contribution in [3.05, 3.63) is 0 Å². The number of hydrogen-bond donors (Lipinski definition) is 4. The molecular formula is C7H18N2O5S. The number of hydrogen-bond acceptors (Lipinski definition) is 6. The molecule has 4 N–H and O–H groups in total. The average Bonchev–Trinajstić information content (AvgIpc) is 2.20. The summed E-state index contributed by atoms with van der Waals surface area (Å²) >= 11 is 0. The van der Waals surface area contributed by atoms with Crippen molar-refractivity contribution in [2.45, 2.75) is 6.42 Å². The van der Waals surface area contributed by atoms with Gasteiger partial charge in [-0.3, -0.25) is 4.55 Å². The Morgan fingerprint density at radius 1 is 1.13 bits per heavy atom. The summed E-state index contributed by atoms with van der Waals surface area (Å²) in [7, 11) is -4.31. The second kappa shape index (κ2) is 9.01. The van der Waals surface area contributed by atoms with Crippen LogP contribution in [0.3, 0.4) is 0 Å². The van der Waals surface area contributed by atoms with Crippen LogP contribution in [0.5, 0.6) is 0 Å². The van der Waals surface area contributed by atoms with Gasteiger partial charge in [0.1, 0.15) is 0 Å². The summed E-state index contributed by atoms with van der Waals surface area (Å²) in [6, 6.07) is 0. The Balaban J connectivity index is 0.000000280. The van der Waals surface area contributed by atoms with Crippen LogP contribution in [0.1, 0.15) is 6.42 Å². The van der Waals surface area contributed by atoms with E-state index in [0.717, 1.165) is 26.2 Å². The molecule has 1 saturated heterocycles. The van der Waals surface area contributed by atoms with E-state index in [0.29, 0.717) is 0 Å². The van der Waals surface area contributed by atoms with Gasteiger partial charge in [-0.05, 0) is 6.42 Å². The zero-order valence-corrected chi connectivity index (χ0v) is 9.29. The van der Waals surface area contributed by atoms with E-state index in [-0.39, 0.29) is 19.6 Å². The highest BCUT2D eigenvalue weighted by Gasteiger charge is 2.01. The number of nitrogens with one attached hydrogen (secondary N) is 2. The van der Waals surface area contributed by atoms with Crippen LogP contribution in [0, 0.1) is 0 Å². The summed E-state index contributed by atoms with van der Waals surface area (Å²) in [5.74, 6) is 0. The predicted molar refractivity (Wildman–Crippen MR) is 54.9 cm³/mol. The summed E-state index contributed by atoms with van der Waals surface area (Å²) in [5.41, 5.74) is 0. The standard InChI is InChI=1S/C4H10N2.C3H8O5S/c1-2-6-4-3-5-1;4-2-1-3-8-9(5,6)7/h5-6H,1-4H2;4H,1-3H2,(H,5,6,7). The summed E-state index contributed by atoms with van der Waals surface area (Å²) in [6.45, 7) is 4.21. The molecule has 1 rings (SSSR count). The fourth-order valence-corrected chi connectivity index (χ4v) is 1.16. The average molecular weight is 242 g/mol. The maximum absolute atomic E-state index is 9.76. The Kier molecular flexibility index (Phi) is 8.86. The van der Waals surface area contributed by atoms with Crippen LogP contribution in [-0.2, 0) is 14.6 Å². The first-order valence-corrected chi connectivity index (χ1v) is 6.07. The quantitative estimate of drug-likeness (QED) is 0.346. The largest absolute Gasteiger partial charge is 0.397 e. The molecule has 0 aromatic rings. The Morgan fingerprint density at radius 3 is 1.87 bits per heavy atom. The van der Waals surface area contributed by atoms with Gasteiger partial charge in [0, 0.05) is 32.8 Å². The maximum Gasteiger partial charge on any atom is 0.397 e. The van der Waals surface area contributed by atoms with Gasteiger partial charge in [-0.1, -0.05) is 0 Å². The van der Waals surface area contributed by atoms with Crippen LogP contribution >= 0.6 is 0 Å². The highest BCUT2D eigenvalue weighted by Crippen LogP contribution is 1.87. The van der Waals surface area contributed by atoms with Crippen LogP contribution in [0.2, 0.25) is 0 Å². The van der Waals surface area contributed by atoms with Crippen molar-refractivity contribution < 1.29 is 22.3 Å². The number of piperazine rings is 1. The Hall–Kier alpha value is -0.250. The van der Waals surface area contributed by atoms with Gasteiger partial charge in [0.15, 0.2) is 0 Å². The third-order valence-electron chi connectivity index (χ3n) is 1.49. The van der Waals surface area contributed by atoms with Crippen LogP contribution in [0.4, 0.5) is 0 Å². The number of aliphatic hydroxyl groups is 1. The molecule has 1 heterocycles. The molecule has 0 aromatic carbocycles. The molecule has 0 saturated carbocycles. The lowest BCUT2D eigenvalue weighted by Gasteiger charge is -2.11. The van der Waals surface area contributed by atoms with Crippen molar-refractivity contribution in [2.24, 2.45) is 0 Å². The van der Waals surface area contributed by atoms with Crippen molar-refractivity contribution in [2.75, 3.05) is 39.4 Å². The lowest BCUT2D eigenvalue weighted by Crippen LogP contribution is -2.39. The van der Waals surface area contributed by atoms with Crippen molar-refractivity contribution in [3.8, 4) is 0 Å². The molecule has 0 aromatic heterocycles. The molecule has 1 aliphatic rings. The van der Waals surface area contributed by atoms with Crippen LogP contribution in [-0.4, -0.2) is 57.5 Å². The van der Waals surface area contributed by atoms with Crippen molar-refractivity contribution in [1.29, 1.82) is 0 Å². The number of rotatable bonds is 4. The van der Waals surface area contributed by atoms with Gasteiger partial charge < -0.3 is 15.7 Å². The van der Waals surface area contributed by atoms with E-state index in [1.807, 2.05) is 0 Å². The van der Waals surface area contributed by atoms with Gasteiger partial charge in [0.05, 0.1) is 6.61 Å². The van der Waals surface area contributed by atoms with Crippen molar-refractivity contribution >= 4 is 10.4 Å². The van der Waals surface area contributed by atoms with Crippen molar-refractivity contribution in [1.82, 2.24) is 10.6 Å². The third-order valence-corrected chi connectivity index (χ3v) is 1.96. The Labute approximate surface area is 89.8 Å². The van der Waals surface area contributed by atoms with Gasteiger partial charge in [0.25, 0.3) is 0 Å². The second-order valence-corrected chi connectivity index (χ2v) is 3.92. The summed E-state index contributed by atoms with van der Waals surface area (Å²) in [6.07, 6.45) is 0.194. The molecule has 92 valence electrons. The first-order valence-electron chi connectivity index (χ1n) is 4.70. The highest BCUT2D eigenvalue weighted by atomic mass is 32.3. The second-order valence-electron chi connectivity index (χ2n) is 2.83. The van der Waals surface area contributed by atoms with E-state index in [1.54, 1.807) is 0 Å². The molecule has 8 heteroatoms. The first-order chi connectivity index (χ1) is 7.06. The molecule has 0 aliphatic carbocycles. The van der Waals surface area contributed by atoms with E-state index in [9.17, 15) is 8.42 Å². The number of aliphatic hydroxyl groups excluding tert-OH is 1. The van der Waals surface area contributed by atoms with Crippen LogP contribution in [0.25, 0.3) is 0 Å². The van der Waals surface area contributed by atoms with Gasteiger partial charge in [-0.15, -0.1) is 0 Å². The molecule has 0 radical (unpaired) electrons. The minimum atomic E-state index is -4.31. The summed E-state index contributed by atoms with van der Waals surface area (Å²) in [5, 5.41) is 14.6. The van der Waals surface area contributed by atoms with E-state index < -0.39 is 10.4 Å². The maximum atomic E-state index is 9.76. The van der Waals surface area contributed by atoms with E-state index in [1.165, 1.54) is 0 Å². The lowest BCUT2D eigenvalue weighted by molar-refractivity contribution is 0.219. The molecule has 0 atom stereocenters. The normalized spacial score (nSPS) is 16.7. The predicted octanol–water partition coefficient (Wildman–Crippen LogP) is -1.63. The minimum absolute atomic E-state index is 0.157. The van der Waals surface area contributed by atoms with Gasteiger partial charge >= 0.3 is 10.4 Å². The van der Waals surface area contributed by atoms with Crippen molar-refractivity contribution in [3.63, 3.8) is 0 Å². The van der Waals surface area contributed by atoms with E-state index >= 15 is 0 Å². The van der Waals surface area contributed by atoms with E-state index in [2.05, 4.69) is 14.8 Å². The smallest absolute Gasteiger partial charge is 0.396 e.